The molecular formula is C15H13BrFNO. The molecule has 2 N–H and O–H groups in total. The Labute approximate surface area is 119 Å². The van der Waals surface area contributed by atoms with Gasteiger partial charge in [-0.25, -0.2) is 4.39 Å². The Morgan fingerprint density at radius 2 is 1.74 bits per heavy atom. The van der Waals surface area contributed by atoms with Crippen LogP contribution in [-0.2, 0) is 13.0 Å². The highest BCUT2D eigenvalue weighted by molar-refractivity contribution is 9.10. The number of benzene rings is 2. The van der Waals surface area contributed by atoms with E-state index in [-0.39, 0.29) is 18.0 Å². The molecule has 98 valence electrons. The van der Waals surface area contributed by atoms with Gasteiger partial charge in [-0.2, -0.15) is 0 Å². The van der Waals surface area contributed by atoms with E-state index in [4.69, 9.17) is 5.73 Å². The van der Waals surface area contributed by atoms with Crippen LogP contribution in [0, 0.1) is 5.82 Å². The van der Waals surface area contributed by atoms with E-state index in [1.807, 2.05) is 12.1 Å². The van der Waals surface area contributed by atoms with Gasteiger partial charge in [0, 0.05) is 18.5 Å². The first kappa shape index (κ1) is 13.9. The van der Waals surface area contributed by atoms with E-state index in [2.05, 4.69) is 15.9 Å². The first-order chi connectivity index (χ1) is 9.10. The Morgan fingerprint density at radius 1 is 1.11 bits per heavy atom. The Morgan fingerprint density at radius 3 is 2.32 bits per heavy atom. The van der Waals surface area contributed by atoms with Crippen molar-refractivity contribution in [3.8, 4) is 0 Å². The Kier molecular flexibility index (Phi) is 4.45. The second-order valence-electron chi connectivity index (χ2n) is 4.25. The minimum Gasteiger partial charge on any atom is -0.326 e. The number of hydrogen-bond acceptors (Lipinski definition) is 2. The van der Waals surface area contributed by atoms with Crippen LogP contribution >= 0.6 is 15.9 Å². The summed E-state index contributed by atoms with van der Waals surface area (Å²) >= 11 is 3.11. The molecule has 0 aromatic heterocycles. The van der Waals surface area contributed by atoms with Crippen LogP contribution in [0.1, 0.15) is 21.5 Å². The fourth-order valence-corrected chi connectivity index (χ4v) is 2.19. The van der Waals surface area contributed by atoms with E-state index >= 15 is 0 Å². The lowest BCUT2D eigenvalue weighted by atomic mass is 10.0. The molecule has 0 saturated carbocycles. The van der Waals surface area contributed by atoms with Gasteiger partial charge < -0.3 is 5.73 Å². The van der Waals surface area contributed by atoms with Crippen molar-refractivity contribution >= 4 is 21.7 Å². The SMILES string of the molecule is NCc1ccc(C(=O)Cc2ccc(F)c(Br)c2)cc1. The summed E-state index contributed by atoms with van der Waals surface area (Å²) in [7, 11) is 0. The van der Waals surface area contributed by atoms with Gasteiger partial charge in [0.2, 0.25) is 0 Å². The third-order valence-electron chi connectivity index (χ3n) is 2.86. The quantitative estimate of drug-likeness (QED) is 0.876. The minimum absolute atomic E-state index is 0.00193. The van der Waals surface area contributed by atoms with Crippen LogP contribution in [0.4, 0.5) is 4.39 Å². The van der Waals surface area contributed by atoms with Crippen molar-refractivity contribution in [3.05, 3.63) is 69.4 Å². The van der Waals surface area contributed by atoms with Gasteiger partial charge in [-0.15, -0.1) is 0 Å². The molecule has 0 atom stereocenters. The maximum Gasteiger partial charge on any atom is 0.167 e. The van der Waals surface area contributed by atoms with Crippen LogP contribution in [0.15, 0.2) is 46.9 Å². The van der Waals surface area contributed by atoms with Gasteiger partial charge in [-0.05, 0) is 39.2 Å². The van der Waals surface area contributed by atoms with Crippen molar-refractivity contribution in [2.45, 2.75) is 13.0 Å². The molecule has 4 heteroatoms. The molecule has 0 aliphatic rings. The number of Topliss-reactive ketones (excluding diaryl/α,β-unsaturated/α-hetero) is 1. The van der Waals surface area contributed by atoms with Gasteiger partial charge in [0.25, 0.3) is 0 Å². The maximum atomic E-state index is 13.1. The smallest absolute Gasteiger partial charge is 0.167 e. The largest absolute Gasteiger partial charge is 0.326 e. The monoisotopic (exact) mass is 321 g/mol. The molecule has 0 unspecified atom stereocenters. The molecule has 2 nitrogen and oxygen atoms in total. The number of ketones is 1. The summed E-state index contributed by atoms with van der Waals surface area (Å²) in [6, 6.07) is 11.8. The van der Waals surface area contributed by atoms with Crippen molar-refractivity contribution in [1.82, 2.24) is 0 Å². The van der Waals surface area contributed by atoms with Crippen molar-refractivity contribution in [2.75, 3.05) is 0 Å². The molecule has 19 heavy (non-hydrogen) atoms. The number of carbonyl (C=O) groups is 1. The second-order valence-corrected chi connectivity index (χ2v) is 5.10. The fourth-order valence-electron chi connectivity index (χ4n) is 1.76. The summed E-state index contributed by atoms with van der Waals surface area (Å²) < 4.78 is 13.5. The zero-order valence-electron chi connectivity index (χ0n) is 10.2. The van der Waals surface area contributed by atoms with E-state index < -0.39 is 0 Å². The zero-order valence-corrected chi connectivity index (χ0v) is 11.8. The molecule has 2 aromatic rings. The molecule has 0 spiro atoms. The van der Waals surface area contributed by atoms with Crippen molar-refractivity contribution in [2.24, 2.45) is 5.73 Å². The maximum absolute atomic E-state index is 13.1. The van der Waals surface area contributed by atoms with Gasteiger partial charge >= 0.3 is 0 Å². The first-order valence-corrected chi connectivity index (χ1v) is 6.65. The molecule has 0 aliphatic carbocycles. The van der Waals surface area contributed by atoms with Crippen molar-refractivity contribution in [1.29, 1.82) is 0 Å². The Hall–Kier alpha value is -1.52. The summed E-state index contributed by atoms with van der Waals surface area (Å²) in [4.78, 5) is 12.1. The topological polar surface area (TPSA) is 43.1 Å². The number of halogens is 2. The lowest BCUT2D eigenvalue weighted by Gasteiger charge is -2.04. The summed E-state index contributed by atoms with van der Waals surface area (Å²) in [6.07, 6.45) is 0.251. The highest BCUT2D eigenvalue weighted by Gasteiger charge is 2.08. The van der Waals surface area contributed by atoms with E-state index in [9.17, 15) is 9.18 Å². The standard InChI is InChI=1S/C15H13BrFNO/c16-13-7-11(3-6-14(13)17)8-15(19)12-4-1-10(9-18)2-5-12/h1-7H,8-9,18H2. The van der Waals surface area contributed by atoms with Crippen LogP contribution in [-0.4, -0.2) is 5.78 Å². The van der Waals surface area contributed by atoms with Crippen LogP contribution in [0.25, 0.3) is 0 Å². The van der Waals surface area contributed by atoms with E-state index in [0.29, 0.717) is 16.6 Å². The second kappa shape index (κ2) is 6.08. The van der Waals surface area contributed by atoms with Crippen LogP contribution < -0.4 is 5.73 Å². The molecule has 0 bridgehead atoms. The summed E-state index contributed by atoms with van der Waals surface area (Å²) in [5.41, 5.74) is 7.91. The predicted octanol–water partition coefficient (Wildman–Crippen LogP) is 3.47. The Balaban J connectivity index is 2.13. The first-order valence-electron chi connectivity index (χ1n) is 5.86. The third-order valence-corrected chi connectivity index (χ3v) is 3.47. The van der Waals surface area contributed by atoms with Crippen LogP contribution in [0.2, 0.25) is 0 Å². The van der Waals surface area contributed by atoms with Gasteiger partial charge in [0.1, 0.15) is 5.82 Å². The van der Waals surface area contributed by atoms with Crippen LogP contribution in [0.3, 0.4) is 0 Å². The van der Waals surface area contributed by atoms with Crippen LogP contribution in [0.5, 0.6) is 0 Å². The third kappa shape index (κ3) is 3.49. The molecule has 2 aromatic carbocycles. The van der Waals surface area contributed by atoms with Gasteiger partial charge in [0.15, 0.2) is 5.78 Å². The van der Waals surface area contributed by atoms with Gasteiger partial charge in [-0.1, -0.05) is 30.3 Å². The van der Waals surface area contributed by atoms with E-state index in [0.717, 1.165) is 11.1 Å². The molecule has 0 aliphatic heterocycles. The van der Waals surface area contributed by atoms with Crippen molar-refractivity contribution < 1.29 is 9.18 Å². The van der Waals surface area contributed by atoms with Crippen molar-refractivity contribution in [3.63, 3.8) is 0 Å². The Bertz CT molecular complexity index is 596. The average molecular weight is 322 g/mol. The number of hydrogen-bond donors (Lipinski definition) is 1. The normalized spacial score (nSPS) is 10.5. The van der Waals surface area contributed by atoms with E-state index in [1.54, 1.807) is 24.3 Å². The molecule has 0 saturated heterocycles. The van der Waals surface area contributed by atoms with Gasteiger partial charge in [0.05, 0.1) is 4.47 Å². The summed E-state index contributed by atoms with van der Waals surface area (Å²) in [5, 5.41) is 0. The number of rotatable bonds is 4. The fraction of sp³-hybridized carbons (Fsp3) is 0.133. The molecule has 0 radical (unpaired) electrons. The summed E-state index contributed by atoms with van der Waals surface area (Å²) in [6.45, 7) is 0.458. The molecule has 2 rings (SSSR count). The predicted molar refractivity (Wildman–Crippen MR) is 76.5 cm³/mol. The molecule has 0 fully saturated rings. The van der Waals surface area contributed by atoms with E-state index in [1.165, 1.54) is 6.07 Å². The highest BCUT2D eigenvalue weighted by atomic mass is 79.9. The highest BCUT2D eigenvalue weighted by Crippen LogP contribution is 2.18. The zero-order chi connectivity index (χ0) is 13.8. The molecule has 0 heterocycles. The molecular weight excluding hydrogens is 309 g/mol. The number of carbonyl (C=O) groups excluding carboxylic acids is 1. The lowest BCUT2D eigenvalue weighted by Crippen LogP contribution is -2.04. The van der Waals surface area contributed by atoms with Gasteiger partial charge in [-0.3, -0.25) is 4.79 Å². The summed E-state index contributed by atoms with van der Waals surface area (Å²) in [5.74, 6) is -0.328. The average Bonchev–Trinajstić information content (AvgIpc) is 2.43. The molecule has 0 amide bonds. The lowest BCUT2D eigenvalue weighted by molar-refractivity contribution is 0.0993. The minimum atomic E-state index is -0.330. The number of nitrogens with two attached hydrogens (primary N) is 1.